The van der Waals surface area contributed by atoms with Crippen LogP contribution in [0.2, 0.25) is 10.0 Å². The molecule has 2 aromatic carbocycles. The lowest BCUT2D eigenvalue weighted by Gasteiger charge is -2.17. The van der Waals surface area contributed by atoms with E-state index < -0.39 is 6.03 Å². The largest absolute Gasteiger partial charge is 0.333 e. The number of nitrogens with zero attached hydrogens (tertiary/aromatic N) is 1. The van der Waals surface area contributed by atoms with Gasteiger partial charge in [-0.05, 0) is 42.5 Å². The summed E-state index contributed by atoms with van der Waals surface area (Å²) in [6.07, 6.45) is 0.173. The Hall–Kier alpha value is -2.31. The van der Waals surface area contributed by atoms with Gasteiger partial charge in [-0.2, -0.15) is 0 Å². The molecular weight excluding hydrogens is 368 g/mol. The smallest absolute Gasteiger partial charge is 0.319 e. The van der Waals surface area contributed by atoms with E-state index in [-0.39, 0.29) is 24.2 Å². The van der Waals surface area contributed by atoms with Crippen LogP contribution < -0.4 is 15.5 Å². The average Bonchev–Trinajstić information content (AvgIpc) is 2.92. The highest BCUT2D eigenvalue weighted by atomic mass is 35.5. The van der Waals surface area contributed by atoms with Crippen LogP contribution in [0.4, 0.5) is 20.6 Å². The molecule has 130 valence electrons. The molecule has 2 N–H and O–H groups in total. The number of benzene rings is 2. The predicted molar refractivity (Wildman–Crippen MR) is 95.8 cm³/mol. The fourth-order valence-electron chi connectivity index (χ4n) is 2.60. The SMILES string of the molecule is O=C(Nc1ccc(Cl)c(Cl)c1)N[C@@H]1CC(=O)N(c2ccc(F)cc2)C1. The van der Waals surface area contributed by atoms with Gasteiger partial charge in [-0.1, -0.05) is 23.2 Å². The second kappa shape index (κ2) is 7.29. The Morgan fingerprint density at radius 3 is 2.52 bits per heavy atom. The number of hydrogen-bond acceptors (Lipinski definition) is 2. The molecule has 1 atom stereocenters. The molecule has 5 nitrogen and oxygen atoms in total. The Labute approximate surface area is 153 Å². The van der Waals surface area contributed by atoms with E-state index in [0.717, 1.165) is 0 Å². The number of rotatable bonds is 3. The zero-order valence-electron chi connectivity index (χ0n) is 12.9. The van der Waals surface area contributed by atoms with Gasteiger partial charge in [0, 0.05) is 24.3 Å². The summed E-state index contributed by atoms with van der Waals surface area (Å²) in [4.78, 5) is 25.7. The van der Waals surface area contributed by atoms with Crippen LogP contribution in [0, 0.1) is 5.82 Å². The van der Waals surface area contributed by atoms with E-state index in [4.69, 9.17) is 23.2 Å². The summed E-state index contributed by atoms with van der Waals surface area (Å²) in [5.41, 5.74) is 1.09. The maximum atomic E-state index is 13.0. The molecule has 0 spiro atoms. The van der Waals surface area contributed by atoms with E-state index in [1.807, 2.05) is 0 Å². The van der Waals surface area contributed by atoms with Gasteiger partial charge in [0.25, 0.3) is 0 Å². The van der Waals surface area contributed by atoms with E-state index >= 15 is 0 Å². The van der Waals surface area contributed by atoms with Crippen LogP contribution in [-0.2, 0) is 4.79 Å². The monoisotopic (exact) mass is 381 g/mol. The Morgan fingerprint density at radius 2 is 1.84 bits per heavy atom. The third kappa shape index (κ3) is 4.21. The molecule has 0 aliphatic carbocycles. The number of amides is 3. The lowest BCUT2D eigenvalue weighted by Crippen LogP contribution is -2.39. The summed E-state index contributed by atoms with van der Waals surface area (Å²) >= 11 is 11.7. The molecule has 3 amide bonds. The van der Waals surface area contributed by atoms with Crippen LogP contribution in [0.15, 0.2) is 42.5 Å². The highest BCUT2D eigenvalue weighted by Gasteiger charge is 2.31. The highest BCUT2D eigenvalue weighted by Crippen LogP contribution is 2.25. The number of nitrogens with one attached hydrogen (secondary N) is 2. The summed E-state index contributed by atoms with van der Waals surface area (Å²) in [6.45, 7) is 0.319. The van der Waals surface area contributed by atoms with Gasteiger partial charge in [0.15, 0.2) is 0 Å². The molecule has 0 radical (unpaired) electrons. The first kappa shape index (κ1) is 17.5. The van der Waals surface area contributed by atoms with Crippen LogP contribution >= 0.6 is 23.2 Å². The van der Waals surface area contributed by atoms with Crippen molar-refractivity contribution in [3.63, 3.8) is 0 Å². The second-order valence-electron chi connectivity index (χ2n) is 5.61. The number of carbonyl (C=O) groups is 2. The minimum absolute atomic E-state index is 0.133. The minimum atomic E-state index is -0.447. The number of anilines is 2. The maximum absolute atomic E-state index is 13.0. The Balaban J connectivity index is 1.60. The number of hydrogen-bond donors (Lipinski definition) is 2. The summed E-state index contributed by atoms with van der Waals surface area (Å²) in [6, 6.07) is 9.59. The zero-order valence-corrected chi connectivity index (χ0v) is 14.4. The van der Waals surface area contributed by atoms with E-state index in [1.165, 1.54) is 35.2 Å². The maximum Gasteiger partial charge on any atom is 0.319 e. The van der Waals surface area contributed by atoms with Crippen molar-refractivity contribution in [2.75, 3.05) is 16.8 Å². The second-order valence-corrected chi connectivity index (χ2v) is 6.42. The zero-order chi connectivity index (χ0) is 18.0. The van der Waals surface area contributed by atoms with Crippen LogP contribution in [0.3, 0.4) is 0 Å². The normalized spacial score (nSPS) is 16.8. The molecule has 1 aliphatic rings. The number of halogens is 3. The first-order valence-corrected chi connectivity index (χ1v) is 8.26. The van der Waals surface area contributed by atoms with Gasteiger partial charge in [-0.15, -0.1) is 0 Å². The van der Waals surface area contributed by atoms with Crippen LogP contribution in [0.5, 0.6) is 0 Å². The molecule has 0 bridgehead atoms. The van der Waals surface area contributed by atoms with Crippen LogP contribution in [0.25, 0.3) is 0 Å². The molecule has 1 aliphatic heterocycles. The fraction of sp³-hybridized carbons (Fsp3) is 0.176. The van der Waals surface area contributed by atoms with Crippen molar-refractivity contribution in [1.82, 2.24) is 5.32 Å². The Kier molecular flexibility index (Phi) is 5.11. The topological polar surface area (TPSA) is 61.4 Å². The number of urea groups is 1. The molecule has 0 unspecified atom stereocenters. The average molecular weight is 382 g/mol. The summed E-state index contributed by atoms with van der Waals surface area (Å²) < 4.78 is 13.0. The van der Waals surface area contributed by atoms with E-state index in [1.54, 1.807) is 12.1 Å². The third-order valence-electron chi connectivity index (χ3n) is 3.78. The first-order valence-electron chi connectivity index (χ1n) is 7.51. The summed E-state index contributed by atoms with van der Waals surface area (Å²) in [7, 11) is 0. The molecule has 0 aromatic heterocycles. The van der Waals surface area contributed by atoms with Crippen molar-refractivity contribution in [2.45, 2.75) is 12.5 Å². The molecule has 25 heavy (non-hydrogen) atoms. The molecule has 2 aromatic rings. The molecule has 3 rings (SSSR count). The van der Waals surface area contributed by atoms with Gasteiger partial charge < -0.3 is 15.5 Å². The van der Waals surface area contributed by atoms with Crippen molar-refractivity contribution < 1.29 is 14.0 Å². The van der Waals surface area contributed by atoms with Gasteiger partial charge in [-0.25, -0.2) is 9.18 Å². The fourth-order valence-corrected chi connectivity index (χ4v) is 2.90. The van der Waals surface area contributed by atoms with E-state index in [9.17, 15) is 14.0 Å². The van der Waals surface area contributed by atoms with Crippen molar-refractivity contribution in [3.05, 3.63) is 58.3 Å². The first-order chi connectivity index (χ1) is 11.9. The molecule has 1 saturated heterocycles. The predicted octanol–water partition coefficient (Wildman–Crippen LogP) is 4.06. The molecule has 1 heterocycles. The summed E-state index contributed by atoms with van der Waals surface area (Å²) in [5.74, 6) is -0.502. The van der Waals surface area contributed by atoms with Crippen molar-refractivity contribution >= 4 is 46.5 Å². The van der Waals surface area contributed by atoms with Crippen LogP contribution in [-0.4, -0.2) is 24.5 Å². The summed E-state index contributed by atoms with van der Waals surface area (Å²) in [5, 5.41) is 6.11. The van der Waals surface area contributed by atoms with E-state index in [0.29, 0.717) is 28.0 Å². The minimum Gasteiger partial charge on any atom is -0.333 e. The van der Waals surface area contributed by atoms with Crippen molar-refractivity contribution in [3.8, 4) is 0 Å². The molecule has 8 heteroatoms. The quantitative estimate of drug-likeness (QED) is 0.841. The Bertz CT molecular complexity index is 814. The number of carbonyl (C=O) groups excluding carboxylic acids is 2. The molecular formula is C17H14Cl2FN3O2. The van der Waals surface area contributed by atoms with E-state index in [2.05, 4.69) is 10.6 Å². The van der Waals surface area contributed by atoms with Crippen LogP contribution in [0.1, 0.15) is 6.42 Å². The lowest BCUT2D eigenvalue weighted by molar-refractivity contribution is -0.117. The van der Waals surface area contributed by atoms with Gasteiger partial charge in [0.1, 0.15) is 5.82 Å². The van der Waals surface area contributed by atoms with Gasteiger partial charge in [-0.3, -0.25) is 4.79 Å². The molecule has 0 saturated carbocycles. The highest BCUT2D eigenvalue weighted by molar-refractivity contribution is 6.42. The van der Waals surface area contributed by atoms with Crippen molar-refractivity contribution in [2.24, 2.45) is 0 Å². The van der Waals surface area contributed by atoms with Gasteiger partial charge >= 0.3 is 6.03 Å². The standard InChI is InChI=1S/C17H14Cl2FN3O2/c18-14-6-3-11(7-15(14)19)21-17(25)22-12-8-16(24)23(9-12)13-4-1-10(20)2-5-13/h1-7,12H,8-9H2,(H2,21,22,25)/t12-/m1/s1. The van der Waals surface area contributed by atoms with Gasteiger partial charge in [0.05, 0.1) is 16.1 Å². The van der Waals surface area contributed by atoms with Crippen molar-refractivity contribution in [1.29, 1.82) is 0 Å². The Morgan fingerprint density at radius 1 is 1.12 bits per heavy atom. The molecule has 1 fully saturated rings. The third-order valence-corrected chi connectivity index (χ3v) is 4.52. The van der Waals surface area contributed by atoms with Gasteiger partial charge in [0.2, 0.25) is 5.91 Å². The lowest BCUT2D eigenvalue weighted by atomic mass is 10.2.